The van der Waals surface area contributed by atoms with Crippen LogP contribution in [0, 0.1) is 0 Å². The molecule has 1 aromatic rings. The zero-order valence-corrected chi connectivity index (χ0v) is 13.3. The number of aromatic nitrogens is 1. The first-order chi connectivity index (χ1) is 10.7. The van der Waals surface area contributed by atoms with Crippen LogP contribution < -0.4 is 10.3 Å². The largest absolute Gasteiger partial charge is 0.491 e. The highest BCUT2D eigenvalue weighted by Gasteiger charge is 2.24. The fourth-order valence-electron chi connectivity index (χ4n) is 2.63. The topological polar surface area (TPSA) is 60.8 Å². The van der Waals surface area contributed by atoms with Crippen molar-refractivity contribution < 1.29 is 14.3 Å². The molecule has 22 heavy (non-hydrogen) atoms. The van der Waals surface area contributed by atoms with Crippen LogP contribution in [0.25, 0.3) is 0 Å². The molecule has 0 bridgehead atoms. The van der Waals surface area contributed by atoms with E-state index in [-0.39, 0.29) is 29.9 Å². The molecule has 0 saturated carbocycles. The zero-order valence-electron chi connectivity index (χ0n) is 13.3. The Balaban J connectivity index is 1.98. The predicted molar refractivity (Wildman–Crippen MR) is 83.1 cm³/mol. The molecule has 0 radical (unpaired) electrons. The monoisotopic (exact) mass is 308 g/mol. The molecule has 2 rings (SSSR count). The van der Waals surface area contributed by atoms with Crippen LogP contribution in [0.1, 0.15) is 26.2 Å². The first-order valence-corrected chi connectivity index (χ1v) is 7.78. The molecule has 1 amide bonds. The molecule has 122 valence electrons. The highest BCUT2D eigenvalue weighted by atomic mass is 16.5. The number of piperidine rings is 1. The molecule has 1 unspecified atom stereocenters. The van der Waals surface area contributed by atoms with Crippen LogP contribution in [0.15, 0.2) is 23.1 Å². The van der Waals surface area contributed by atoms with Gasteiger partial charge >= 0.3 is 0 Å². The molecule has 0 aromatic carbocycles. The van der Waals surface area contributed by atoms with Gasteiger partial charge in [0.25, 0.3) is 5.56 Å². The van der Waals surface area contributed by atoms with Gasteiger partial charge in [-0.25, -0.2) is 0 Å². The summed E-state index contributed by atoms with van der Waals surface area (Å²) in [6.07, 6.45) is 4.62. The fraction of sp³-hybridized carbons (Fsp3) is 0.625. The lowest BCUT2D eigenvalue weighted by molar-refractivity contribution is -0.136. The van der Waals surface area contributed by atoms with Crippen molar-refractivity contribution in [3.63, 3.8) is 0 Å². The number of rotatable bonds is 6. The maximum atomic E-state index is 12.4. The number of hydrogen-bond acceptors (Lipinski definition) is 4. The van der Waals surface area contributed by atoms with Gasteiger partial charge in [-0.3, -0.25) is 9.59 Å². The van der Waals surface area contributed by atoms with E-state index in [2.05, 4.69) is 6.92 Å². The number of pyridine rings is 1. The highest BCUT2D eigenvalue weighted by molar-refractivity contribution is 5.76. The summed E-state index contributed by atoms with van der Waals surface area (Å²) in [6, 6.07) is 3.30. The molecule has 1 aliphatic heterocycles. The minimum atomic E-state index is -0.283. The number of ether oxygens (including phenoxy) is 2. The van der Waals surface area contributed by atoms with Crippen molar-refractivity contribution in [2.45, 2.75) is 38.8 Å². The van der Waals surface area contributed by atoms with Crippen molar-refractivity contribution in [1.29, 1.82) is 0 Å². The molecular weight excluding hydrogens is 284 g/mol. The van der Waals surface area contributed by atoms with E-state index in [1.807, 2.05) is 0 Å². The summed E-state index contributed by atoms with van der Waals surface area (Å²) in [5.41, 5.74) is -0.283. The number of likely N-dealkylation sites (tertiary alicyclic amines) is 1. The predicted octanol–water partition coefficient (Wildman–Crippen LogP) is 1.27. The lowest BCUT2D eigenvalue weighted by Crippen LogP contribution is -2.45. The summed E-state index contributed by atoms with van der Waals surface area (Å²) >= 11 is 0. The molecule has 6 nitrogen and oxygen atoms in total. The Hall–Kier alpha value is -1.82. The number of carbonyl (C=O) groups excluding carboxylic acids is 1. The van der Waals surface area contributed by atoms with Gasteiger partial charge in [0, 0.05) is 25.9 Å². The molecule has 2 heterocycles. The number of amides is 1. The molecule has 1 fully saturated rings. The van der Waals surface area contributed by atoms with E-state index in [4.69, 9.17) is 9.47 Å². The lowest BCUT2D eigenvalue weighted by Gasteiger charge is -2.32. The van der Waals surface area contributed by atoms with Gasteiger partial charge in [-0.15, -0.1) is 0 Å². The Morgan fingerprint density at radius 2 is 2.27 bits per heavy atom. The van der Waals surface area contributed by atoms with E-state index in [1.54, 1.807) is 23.2 Å². The number of carbonyl (C=O) groups is 1. The number of nitrogens with zero attached hydrogens (tertiary/aromatic N) is 2. The summed E-state index contributed by atoms with van der Waals surface area (Å²) < 4.78 is 12.1. The first kappa shape index (κ1) is 16.5. The quantitative estimate of drug-likeness (QED) is 0.794. The SMILES string of the molecule is CCCOC1CCCN(C(=O)Cn2cccc(OC)c2=O)C1. The number of methoxy groups -OCH3 is 1. The van der Waals surface area contributed by atoms with E-state index < -0.39 is 0 Å². The van der Waals surface area contributed by atoms with Gasteiger partial charge < -0.3 is 18.9 Å². The van der Waals surface area contributed by atoms with E-state index in [0.29, 0.717) is 6.54 Å². The Kier molecular flexibility index (Phi) is 6.00. The van der Waals surface area contributed by atoms with Crippen molar-refractivity contribution in [3.05, 3.63) is 28.7 Å². The molecule has 1 atom stereocenters. The standard InChI is InChI=1S/C16H24N2O4/c1-3-10-22-13-6-4-8-17(11-13)15(19)12-18-9-5-7-14(21-2)16(18)20/h5,7,9,13H,3-4,6,8,10-12H2,1-2H3. The third kappa shape index (κ3) is 4.10. The van der Waals surface area contributed by atoms with E-state index in [9.17, 15) is 9.59 Å². The van der Waals surface area contributed by atoms with Gasteiger partial charge in [-0.05, 0) is 31.4 Å². The molecule has 6 heteroatoms. The molecule has 0 spiro atoms. The minimum absolute atomic E-state index is 0.0382. The second-order valence-corrected chi connectivity index (χ2v) is 5.48. The summed E-state index contributed by atoms with van der Waals surface area (Å²) in [6.45, 7) is 4.17. The van der Waals surface area contributed by atoms with Gasteiger partial charge in [0.15, 0.2) is 5.75 Å². The van der Waals surface area contributed by atoms with Crippen LogP contribution in [0.4, 0.5) is 0 Å². The van der Waals surface area contributed by atoms with E-state index in [1.165, 1.54) is 11.7 Å². The van der Waals surface area contributed by atoms with Crippen LogP contribution in [-0.4, -0.2) is 48.3 Å². The van der Waals surface area contributed by atoms with Crippen molar-refractivity contribution >= 4 is 5.91 Å². The highest BCUT2D eigenvalue weighted by Crippen LogP contribution is 2.14. The molecule has 1 aromatic heterocycles. The van der Waals surface area contributed by atoms with Crippen molar-refractivity contribution in [1.82, 2.24) is 9.47 Å². The van der Waals surface area contributed by atoms with E-state index >= 15 is 0 Å². The molecule has 0 aliphatic carbocycles. The van der Waals surface area contributed by atoms with Gasteiger partial charge in [0.1, 0.15) is 6.54 Å². The molecule has 0 N–H and O–H groups in total. The minimum Gasteiger partial charge on any atom is -0.491 e. The maximum absolute atomic E-state index is 12.4. The second-order valence-electron chi connectivity index (χ2n) is 5.48. The van der Waals surface area contributed by atoms with Gasteiger partial charge in [-0.1, -0.05) is 6.92 Å². The average Bonchev–Trinajstić information content (AvgIpc) is 2.55. The van der Waals surface area contributed by atoms with Gasteiger partial charge in [0.2, 0.25) is 5.91 Å². The van der Waals surface area contributed by atoms with Crippen LogP contribution in [0.5, 0.6) is 5.75 Å². The fourth-order valence-corrected chi connectivity index (χ4v) is 2.63. The Morgan fingerprint density at radius 3 is 3.00 bits per heavy atom. The molecule has 1 saturated heterocycles. The maximum Gasteiger partial charge on any atom is 0.293 e. The van der Waals surface area contributed by atoms with E-state index in [0.717, 1.165) is 32.4 Å². The average molecular weight is 308 g/mol. The second kappa shape index (κ2) is 7.98. The molecular formula is C16H24N2O4. The first-order valence-electron chi connectivity index (χ1n) is 7.78. The summed E-state index contributed by atoms with van der Waals surface area (Å²) in [4.78, 5) is 26.3. The van der Waals surface area contributed by atoms with Gasteiger partial charge in [-0.2, -0.15) is 0 Å². The summed E-state index contributed by atoms with van der Waals surface area (Å²) in [5.74, 6) is 0.193. The normalized spacial score (nSPS) is 18.3. The van der Waals surface area contributed by atoms with Crippen molar-refractivity contribution in [3.8, 4) is 5.75 Å². The van der Waals surface area contributed by atoms with Crippen LogP contribution in [-0.2, 0) is 16.1 Å². The lowest BCUT2D eigenvalue weighted by atomic mass is 10.1. The third-order valence-electron chi connectivity index (χ3n) is 3.80. The van der Waals surface area contributed by atoms with Crippen LogP contribution >= 0.6 is 0 Å². The summed E-state index contributed by atoms with van der Waals surface area (Å²) in [7, 11) is 1.45. The summed E-state index contributed by atoms with van der Waals surface area (Å²) in [5, 5.41) is 0. The van der Waals surface area contributed by atoms with Crippen molar-refractivity contribution in [2.75, 3.05) is 26.8 Å². The van der Waals surface area contributed by atoms with Gasteiger partial charge in [0.05, 0.1) is 13.2 Å². The zero-order chi connectivity index (χ0) is 15.9. The Bertz CT molecular complexity index is 555. The third-order valence-corrected chi connectivity index (χ3v) is 3.80. The smallest absolute Gasteiger partial charge is 0.293 e. The Labute approximate surface area is 130 Å². The molecule has 1 aliphatic rings. The van der Waals surface area contributed by atoms with Crippen molar-refractivity contribution in [2.24, 2.45) is 0 Å². The Morgan fingerprint density at radius 1 is 1.45 bits per heavy atom. The van der Waals surface area contributed by atoms with Crippen LogP contribution in [0.2, 0.25) is 0 Å². The number of hydrogen-bond donors (Lipinski definition) is 0. The van der Waals surface area contributed by atoms with Crippen LogP contribution in [0.3, 0.4) is 0 Å².